The van der Waals surface area contributed by atoms with Crippen molar-refractivity contribution >= 4 is 11.8 Å². The van der Waals surface area contributed by atoms with Crippen molar-refractivity contribution in [2.75, 3.05) is 27.7 Å². The Balaban J connectivity index is 4.76. The van der Waals surface area contributed by atoms with Crippen LogP contribution in [-0.2, 0) is 9.59 Å². The van der Waals surface area contributed by atoms with E-state index < -0.39 is 23.8 Å². The number of carbonyl (C=O) groups excluding carboxylic acids is 1. The first-order valence-electron chi connectivity index (χ1n) is 7.06. The van der Waals surface area contributed by atoms with Crippen molar-refractivity contribution in [3.05, 3.63) is 12.2 Å². The molecule has 0 unspecified atom stereocenters. The molecule has 2 N–H and O–H groups in total. The standard InChI is InChI=1S/C15H27NO4/c1-5-6-7-8-9-10-13(17)15(20,11-14(18)19)12-16(2,3)4/h9-10,20H,5-8,11-12H2,1-4H3/p+1/t15-/m1/s1. The second-order valence-electron chi connectivity index (χ2n) is 6.31. The summed E-state index contributed by atoms with van der Waals surface area (Å²) in [5, 5.41) is 19.3. The summed E-state index contributed by atoms with van der Waals surface area (Å²) in [7, 11) is 5.43. The molecule has 1 atom stereocenters. The fraction of sp³-hybridized carbons (Fsp3) is 0.733. The van der Waals surface area contributed by atoms with Gasteiger partial charge in [-0.15, -0.1) is 0 Å². The van der Waals surface area contributed by atoms with E-state index in [0.717, 1.165) is 25.7 Å². The molecule has 0 aromatic rings. The van der Waals surface area contributed by atoms with Crippen LogP contribution in [0.5, 0.6) is 0 Å². The topological polar surface area (TPSA) is 74.6 Å². The van der Waals surface area contributed by atoms with E-state index in [4.69, 9.17) is 5.11 Å². The predicted molar refractivity (Wildman–Crippen MR) is 78.4 cm³/mol. The smallest absolute Gasteiger partial charge is 0.307 e. The molecule has 0 aliphatic rings. The van der Waals surface area contributed by atoms with Crippen molar-refractivity contribution in [3.63, 3.8) is 0 Å². The maximum Gasteiger partial charge on any atom is 0.307 e. The van der Waals surface area contributed by atoms with Gasteiger partial charge in [-0.2, -0.15) is 0 Å². The van der Waals surface area contributed by atoms with Crippen LogP contribution >= 0.6 is 0 Å². The van der Waals surface area contributed by atoms with Gasteiger partial charge in [-0.1, -0.05) is 25.8 Å². The van der Waals surface area contributed by atoms with Crippen LogP contribution in [0.4, 0.5) is 0 Å². The van der Waals surface area contributed by atoms with Crippen LogP contribution in [0, 0.1) is 0 Å². The Morgan fingerprint density at radius 3 is 2.25 bits per heavy atom. The number of aliphatic carboxylic acids is 1. The first-order valence-corrected chi connectivity index (χ1v) is 7.06. The molecule has 0 aromatic heterocycles. The second-order valence-corrected chi connectivity index (χ2v) is 6.31. The minimum Gasteiger partial charge on any atom is -0.481 e. The molecule has 0 saturated heterocycles. The zero-order valence-electron chi connectivity index (χ0n) is 13.1. The number of carbonyl (C=O) groups is 2. The Morgan fingerprint density at radius 2 is 1.80 bits per heavy atom. The average Bonchev–Trinajstić information content (AvgIpc) is 2.24. The molecule has 0 bridgehead atoms. The van der Waals surface area contributed by atoms with Gasteiger partial charge in [0.1, 0.15) is 6.54 Å². The highest BCUT2D eigenvalue weighted by atomic mass is 16.4. The first kappa shape index (κ1) is 18.8. The van der Waals surface area contributed by atoms with E-state index in [0.29, 0.717) is 4.48 Å². The van der Waals surface area contributed by atoms with Crippen LogP contribution in [0.3, 0.4) is 0 Å². The summed E-state index contributed by atoms with van der Waals surface area (Å²) in [5.41, 5.74) is -1.84. The number of quaternary nitrogens is 1. The number of hydrogen-bond acceptors (Lipinski definition) is 3. The molecule has 0 heterocycles. The molecule has 0 radical (unpaired) electrons. The Hall–Kier alpha value is -1.20. The Bertz CT molecular complexity index is 357. The zero-order valence-corrected chi connectivity index (χ0v) is 13.1. The zero-order chi connectivity index (χ0) is 15.8. The van der Waals surface area contributed by atoms with Crippen LogP contribution in [0.2, 0.25) is 0 Å². The largest absolute Gasteiger partial charge is 0.481 e. The maximum absolute atomic E-state index is 12.1. The summed E-state index contributed by atoms with van der Waals surface area (Å²) in [6, 6.07) is 0. The van der Waals surface area contributed by atoms with Gasteiger partial charge in [-0.05, 0) is 18.9 Å². The molecule has 116 valence electrons. The summed E-state index contributed by atoms with van der Waals surface area (Å²) >= 11 is 0. The van der Waals surface area contributed by atoms with Crippen molar-refractivity contribution in [1.82, 2.24) is 0 Å². The Kier molecular flexibility index (Phi) is 7.68. The van der Waals surface area contributed by atoms with Gasteiger partial charge < -0.3 is 14.7 Å². The molecule has 0 rings (SSSR count). The normalized spacial score (nSPS) is 15.2. The van der Waals surface area contributed by atoms with Crippen molar-refractivity contribution < 1.29 is 24.3 Å². The lowest BCUT2D eigenvalue weighted by Gasteiger charge is -2.33. The van der Waals surface area contributed by atoms with E-state index in [9.17, 15) is 14.7 Å². The number of carboxylic acids is 1. The summed E-state index contributed by atoms with van der Waals surface area (Å²) in [6.07, 6.45) is 6.44. The van der Waals surface area contributed by atoms with Crippen LogP contribution < -0.4 is 0 Å². The van der Waals surface area contributed by atoms with Crippen molar-refractivity contribution in [1.29, 1.82) is 0 Å². The number of rotatable bonds is 10. The lowest BCUT2D eigenvalue weighted by Crippen LogP contribution is -2.54. The number of carboxylic acid groups (broad SMARTS) is 1. The third-order valence-corrected chi connectivity index (χ3v) is 2.88. The number of aliphatic hydroxyl groups is 1. The van der Waals surface area contributed by atoms with Crippen LogP contribution in [0.1, 0.15) is 39.0 Å². The monoisotopic (exact) mass is 286 g/mol. The highest BCUT2D eigenvalue weighted by molar-refractivity contribution is 5.99. The maximum atomic E-state index is 12.1. The van der Waals surface area contributed by atoms with Crippen LogP contribution in [0.25, 0.3) is 0 Å². The molecule has 5 nitrogen and oxygen atoms in total. The highest BCUT2D eigenvalue weighted by Gasteiger charge is 2.41. The number of unbranched alkanes of at least 4 members (excludes halogenated alkanes) is 3. The van der Waals surface area contributed by atoms with Gasteiger partial charge in [0.25, 0.3) is 0 Å². The van der Waals surface area contributed by atoms with Gasteiger partial charge in [0, 0.05) is 0 Å². The van der Waals surface area contributed by atoms with E-state index in [1.54, 1.807) is 6.08 Å². The second kappa shape index (κ2) is 8.17. The number of ketones is 1. The van der Waals surface area contributed by atoms with Crippen LogP contribution in [-0.4, -0.2) is 59.7 Å². The number of allylic oxidation sites excluding steroid dienone is 1. The molecular weight excluding hydrogens is 258 g/mol. The van der Waals surface area contributed by atoms with Gasteiger partial charge in [-0.3, -0.25) is 9.59 Å². The molecule has 0 amide bonds. The molecule has 0 aliphatic carbocycles. The first-order chi connectivity index (χ1) is 9.10. The van der Waals surface area contributed by atoms with Gasteiger partial charge >= 0.3 is 5.97 Å². The molecule has 5 heteroatoms. The summed E-state index contributed by atoms with van der Waals surface area (Å²) < 4.78 is 0.319. The van der Waals surface area contributed by atoms with E-state index in [1.165, 1.54) is 6.08 Å². The van der Waals surface area contributed by atoms with Gasteiger partial charge in [0.2, 0.25) is 0 Å². The average molecular weight is 286 g/mol. The lowest BCUT2D eigenvalue weighted by atomic mass is 9.92. The summed E-state index contributed by atoms with van der Waals surface area (Å²) in [4.78, 5) is 23.0. The predicted octanol–water partition coefficient (Wildman–Crippen LogP) is 1.60. The number of nitrogens with zero attached hydrogens (tertiary/aromatic N) is 1. The van der Waals surface area contributed by atoms with Gasteiger partial charge in [0.05, 0.1) is 27.6 Å². The molecule has 0 saturated carbocycles. The molecule has 20 heavy (non-hydrogen) atoms. The minimum absolute atomic E-state index is 0.0669. The Morgan fingerprint density at radius 1 is 1.20 bits per heavy atom. The molecule has 0 spiro atoms. The minimum atomic E-state index is -1.84. The van der Waals surface area contributed by atoms with Gasteiger partial charge in [-0.25, -0.2) is 0 Å². The van der Waals surface area contributed by atoms with Crippen molar-refractivity contribution in [3.8, 4) is 0 Å². The highest BCUT2D eigenvalue weighted by Crippen LogP contribution is 2.17. The lowest BCUT2D eigenvalue weighted by molar-refractivity contribution is -0.875. The fourth-order valence-corrected chi connectivity index (χ4v) is 2.11. The summed E-state index contributed by atoms with van der Waals surface area (Å²) in [6.45, 7) is 2.17. The number of hydrogen-bond donors (Lipinski definition) is 2. The van der Waals surface area contributed by atoms with Gasteiger partial charge in [0.15, 0.2) is 11.4 Å². The molecule has 0 aliphatic heterocycles. The third-order valence-electron chi connectivity index (χ3n) is 2.88. The van der Waals surface area contributed by atoms with E-state index in [1.807, 2.05) is 21.1 Å². The summed E-state index contributed by atoms with van der Waals surface area (Å²) in [5.74, 6) is -1.70. The van der Waals surface area contributed by atoms with Crippen molar-refractivity contribution in [2.45, 2.75) is 44.6 Å². The number of likely N-dealkylation sites (N-methyl/N-ethyl adjacent to an activating group) is 1. The molecule has 0 fully saturated rings. The third kappa shape index (κ3) is 8.07. The van der Waals surface area contributed by atoms with E-state index >= 15 is 0 Å². The fourth-order valence-electron chi connectivity index (χ4n) is 2.11. The molecule has 0 aromatic carbocycles. The van der Waals surface area contributed by atoms with Crippen LogP contribution in [0.15, 0.2) is 12.2 Å². The SMILES string of the molecule is CCCCCC=CC(=O)[C@@](O)(CC(=O)O)C[N+](C)(C)C. The Labute approximate surface area is 121 Å². The van der Waals surface area contributed by atoms with E-state index in [2.05, 4.69) is 6.92 Å². The van der Waals surface area contributed by atoms with E-state index in [-0.39, 0.29) is 6.54 Å². The quantitative estimate of drug-likeness (QED) is 0.363. The molecular formula is C15H28NO4+. The van der Waals surface area contributed by atoms with Crippen molar-refractivity contribution in [2.24, 2.45) is 0 Å².